The minimum Gasteiger partial charge on any atom is -0.320 e. The van der Waals surface area contributed by atoms with Crippen molar-refractivity contribution in [1.82, 2.24) is 0 Å². The highest BCUT2D eigenvalue weighted by Gasteiger charge is 1.97. The van der Waals surface area contributed by atoms with Crippen molar-refractivity contribution in [3.63, 3.8) is 0 Å². The Bertz CT molecular complexity index is 292. The van der Waals surface area contributed by atoms with Crippen molar-refractivity contribution in [3.05, 3.63) is 35.9 Å². The van der Waals surface area contributed by atoms with E-state index in [1.165, 1.54) is 5.56 Å². The summed E-state index contributed by atoms with van der Waals surface area (Å²) >= 11 is 0. The summed E-state index contributed by atoms with van der Waals surface area (Å²) < 4.78 is 0. The molecule has 0 radical (unpaired) electrons. The highest BCUT2D eigenvalue weighted by atomic mass is 14.5. The summed E-state index contributed by atoms with van der Waals surface area (Å²) in [6.07, 6.45) is 1.01. The van der Waals surface area contributed by atoms with Crippen LogP contribution in [0.1, 0.15) is 12.5 Å². The van der Waals surface area contributed by atoms with Crippen molar-refractivity contribution in [1.29, 1.82) is 0 Å². The van der Waals surface area contributed by atoms with Gasteiger partial charge < -0.3 is 5.73 Å². The molecule has 13 heavy (non-hydrogen) atoms. The first-order valence-electron chi connectivity index (χ1n) is 4.55. The summed E-state index contributed by atoms with van der Waals surface area (Å²) in [5, 5.41) is 0. The molecule has 0 aliphatic carbocycles. The number of hydrogen-bond donors (Lipinski definition) is 1. The van der Waals surface area contributed by atoms with E-state index in [4.69, 9.17) is 5.73 Å². The Hall–Kier alpha value is -1.26. The Kier molecular flexibility index (Phi) is 4.08. The molecule has 0 heterocycles. The summed E-state index contributed by atoms with van der Waals surface area (Å²) in [5.41, 5.74) is 6.63. The summed E-state index contributed by atoms with van der Waals surface area (Å²) in [5.74, 6) is 6.40. The maximum Gasteiger partial charge on any atom is 0.0551 e. The molecule has 1 unspecified atom stereocenters. The first kappa shape index (κ1) is 9.83. The first-order valence-corrected chi connectivity index (χ1v) is 4.55. The molecular formula is C12H15N. The van der Waals surface area contributed by atoms with Crippen LogP contribution in [0.4, 0.5) is 0 Å². The Morgan fingerprint density at radius 2 is 2.00 bits per heavy atom. The Morgan fingerprint density at radius 1 is 1.31 bits per heavy atom. The van der Waals surface area contributed by atoms with Crippen molar-refractivity contribution < 1.29 is 0 Å². The Labute approximate surface area is 80.0 Å². The molecule has 1 rings (SSSR count). The van der Waals surface area contributed by atoms with Crippen molar-refractivity contribution in [3.8, 4) is 11.8 Å². The molecule has 0 spiro atoms. The zero-order chi connectivity index (χ0) is 9.52. The third kappa shape index (κ3) is 3.78. The lowest BCUT2D eigenvalue weighted by Crippen LogP contribution is -1.99. The zero-order valence-electron chi connectivity index (χ0n) is 7.96. The van der Waals surface area contributed by atoms with Gasteiger partial charge in [-0.25, -0.2) is 0 Å². The molecule has 0 saturated heterocycles. The third-order valence-electron chi connectivity index (χ3n) is 1.84. The average molecular weight is 173 g/mol. The normalized spacial score (nSPS) is 11.5. The van der Waals surface area contributed by atoms with Gasteiger partial charge in [-0.3, -0.25) is 0 Å². The lowest BCUT2D eigenvalue weighted by Gasteiger charge is -2.02. The molecule has 0 aromatic heterocycles. The third-order valence-corrected chi connectivity index (χ3v) is 1.84. The van der Waals surface area contributed by atoms with Crippen LogP contribution >= 0.6 is 0 Å². The summed E-state index contributed by atoms with van der Waals surface area (Å²) in [6, 6.07) is 10.4. The maximum atomic E-state index is 5.30. The first-order chi connectivity index (χ1) is 6.33. The molecular weight excluding hydrogens is 158 g/mol. The van der Waals surface area contributed by atoms with Crippen LogP contribution in [0.3, 0.4) is 0 Å². The van der Waals surface area contributed by atoms with Gasteiger partial charge >= 0.3 is 0 Å². The van der Waals surface area contributed by atoms with E-state index in [0.717, 1.165) is 6.42 Å². The zero-order valence-corrected chi connectivity index (χ0v) is 7.96. The van der Waals surface area contributed by atoms with Gasteiger partial charge in [0.15, 0.2) is 0 Å². The second-order valence-corrected chi connectivity index (χ2v) is 3.12. The van der Waals surface area contributed by atoms with E-state index in [-0.39, 0.29) is 0 Å². The molecule has 0 bridgehead atoms. The molecule has 68 valence electrons. The molecule has 1 atom stereocenters. The van der Waals surface area contributed by atoms with Gasteiger partial charge in [0.2, 0.25) is 0 Å². The quantitative estimate of drug-likeness (QED) is 0.678. The van der Waals surface area contributed by atoms with Gasteiger partial charge in [0, 0.05) is 5.92 Å². The van der Waals surface area contributed by atoms with Crippen LogP contribution in [0, 0.1) is 17.8 Å². The summed E-state index contributed by atoms with van der Waals surface area (Å²) in [7, 11) is 0. The van der Waals surface area contributed by atoms with E-state index in [1.54, 1.807) is 0 Å². The largest absolute Gasteiger partial charge is 0.320 e. The van der Waals surface area contributed by atoms with Crippen molar-refractivity contribution >= 4 is 0 Å². The van der Waals surface area contributed by atoms with E-state index in [9.17, 15) is 0 Å². The van der Waals surface area contributed by atoms with Gasteiger partial charge in [-0.1, -0.05) is 49.1 Å². The molecule has 0 fully saturated rings. The predicted octanol–water partition coefficient (Wildman–Crippen LogP) is 1.83. The van der Waals surface area contributed by atoms with E-state index >= 15 is 0 Å². The van der Waals surface area contributed by atoms with Crippen LogP contribution in [0.25, 0.3) is 0 Å². The topological polar surface area (TPSA) is 26.0 Å². The Balaban J connectivity index is 2.50. The molecule has 1 nitrogen and oxygen atoms in total. The van der Waals surface area contributed by atoms with E-state index in [2.05, 4.69) is 43.0 Å². The van der Waals surface area contributed by atoms with E-state index in [1.807, 2.05) is 6.07 Å². The second-order valence-electron chi connectivity index (χ2n) is 3.12. The molecule has 1 aromatic rings. The van der Waals surface area contributed by atoms with Crippen LogP contribution in [-0.2, 0) is 6.42 Å². The summed E-state index contributed by atoms with van der Waals surface area (Å²) in [4.78, 5) is 0. The van der Waals surface area contributed by atoms with E-state index in [0.29, 0.717) is 12.5 Å². The van der Waals surface area contributed by atoms with Crippen LogP contribution in [-0.4, -0.2) is 6.54 Å². The fourth-order valence-electron chi connectivity index (χ4n) is 1.25. The number of benzene rings is 1. The number of rotatable bonds is 2. The number of hydrogen-bond acceptors (Lipinski definition) is 1. The monoisotopic (exact) mass is 173 g/mol. The van der Waals surface area contributed by atoms with Gasteiger partial charge in [0.1, 0.15) is 0 Å². The van der Waals surface area contributed by atoms with Crippen LogP contribution in [0.2, 0.25) is 0 Å². The van der Waals surface area contributed by atoms with Crippen LogP contribution in [0.5, 0.6) is 0 Å². The molecule has 0 aliphatic rings. The van der Waals surface area contributed by atoms with Crippen LogP contribution in [0.15, 0.2) is 30.3 Å². The second kappa shape index (κ2) is 5.40. The fourth-order valence-corrected chi connectivity index (χ4v) is 1.25. The lowest BCUT2D eigenvalue weighted by atomic mass is 10.0. The Morgan fingerprint density at radius 3 is 2.62 bits per heavy atom. The van der Waals surface area contributed by atoms with Crippen molar-refractivity contribution in [2.24, 2.45) is 11.7 Å². The van der Waals surface area contributed by atoms with Gasteiger partial charge in [0.25, 0.3) is 0 Å². The molecule has 1 heteroatoms. The van der Waals surface area contributed by atoms with Crippen LogP contribution < -0.4 is 5.73 Å². The molecule has 0 aliphatic heterocycles. The van der Waals surface area contributed by atoms with Crippen molar-refractivity contribution in [2.45, 2.75) is 13.3 Å². The minimum absolute atomic E-state index is 0.394. The standard InChI is InChI=1S/C12H15N/c1-11(6-5-9-13)10-12-7-3-2-4-8-12/h2-4,7-8,11H,9-10,13H2,1H3. The molecule has 1 aromatic carbocycles. The highest BCUT2D eigenvalue weighted by Crippen LogP contribution is 2.06. The molecule has 0 amide bonds. The minimum atomic E-state index is 0.394. The fraction of sp³-hybridized carbons (Fsp3) is 0.333. The van der Waals surface area contributed by atoms with Gasteiger partial charge in [-0.2, -0.15) is 0 Å². The molecule has 2 N–H and O–H groups in total. The summed E-state index contributed by atoms with van der Waals surface area (Å²) in [6.45, 7) is 2.58. The van der Waals surface area contributed by atoms with E-state index < -0.39 is 0 Å². The van der Waals surface area contributed by atoms with Gasteiger partial charge in [-0.15, -0.1) is 0 Å². The van der Waals surface area contributed by atoms with Crippen molar-refractivity contribution in [2.75, 3.05) is 6.54 Å². The maximum absolute atomic E-state index is 5.30. The highest BCUT2D eigenvalue weighted by molar-refractivity contribution is 5.17. The number of nitrogens with two attached hydrogens (primary N) is 1. The van der Waals surface area contributed by atoms with Gasteiger partial charge in [-0.05, 0) is 12.0 Å². The lowest BCUT2D eigenvalue weighted by molar-refractivity contribution is 0.749. The smallest absolute Gasteiger partial charge is 0.0551 e. The average Bonchev–Trinajstić information content (AvgIpc) is 2.16. The SMILES string of the molecule is CC(C#CCN)Cc1ccccc1. The predicted molar refractivity (Wildman–Crippen MR) is 56.1 cm³/mol. The molecule has 0 saturated carbocycles. The van der Waals surface area contributed by atoms with Gasteiger partial charge in [0.05, 0.1) is 6.54 Å².